The van der Waals surface area contributed by atoms with Gasteiger partial charge < -0.3 is 10.6 Å². The molecule has 0 saturated heterocycles. The minimum absolute atomic E-state index is 0.380. The van der Waals surface area contributed by atoms with E-state index in [1.54, 1.807) is 0 Å². The molecule has 4 heteroatoms. The van der Waals surface area contributed by atoms with Crippen LogP contribution < -0.4 is 10.6 Å². The molecule has 0 aromatic heterocycles. The van der Waals surface area contributed by atoms with Crippen molar-refractivity contribution in [2.24, 2.45) is 15.9 Å². The lowest BCUT2D eigenvalue weighted by molar-refractivity contribution is 0.799. The van der Waals surface area contributed by atoms with Crippen LogP contribution in [0.25, 0.3) is 0 Å². The van der Waals surface area contributed by atoms with Crippen molar-refractivity contribution in [3.05, 3.63) is 0 Å². The van der Waals surface area contributed by atoms with Gasteiger partial charge in [-0.2, -0.15) is 0 Å². The first-order chi connectivity index (χ1) is 6.42. The lowest BCUT2D eigenvalue weighted by atomic mass is 10.0. The van der Waals surface area contributed by atoms with E-state index in [4.69, 9.17) is 0 Å². The van der Waals surface area contributed by atoms with Gasteiger partial charge in [0.15, 0.2) is 0 Å². The SMILES string of the molecule is CCC(C1=NCCN1)C1=NCCN1. The molecule has 0 saturated carbocycles. The molecular weight excluding hydrogens is 164 g/mol. The zero-order chi connectivity index (χ0) is 9.10. The van der Waals surface area contributed by atoms with Crippen molar-refractivity contribution >= 4 is 11.7 Å². The predicted molar refractivity (Wildman–Crippen MR) is 54.4 cm³/mol. The molecule has 0 bridgehead atoms. The topological polar surface area (TPSA) is 48.8 Å². The van der Waals surface area contributed by atoms with Gasteiger partial charge in [0.05, 0.1) is 19.0 Å². The van der Waals surface area contributed by atoms with Gasteiger partial charge in [-0.15, -0.1) is 0 Å². The molecule has 13 heavy (non-hydrogen) atoms. The van der Waals surface area contributed by atoms with Crippen LogP contribution in [0.1, 0.15) is 13.3 Å². The summed E-state index contributed by atoms with van der Waals surface area (Å²) in [5.74, 6) is 2.62. The van der Waals surface area contributed by atoms with E-state index in [-0.39, 0.29) is 0 Å². The maximum Gasteiger partial charge on any atom is 0.107 e. The van der Waals surface area contributed by atoms with Gasteiger partial charge in [-0.25, -0.2) is 0 Å². The van der Waals surface area contributed by atoms with Gasteiger partial charge in [-0.3, -0.25) is 9.98 Å². The van der Waals surface area contributed by atoms with E-state index < -0.39 is 0 Å². The van der Waals surface area contributed by atoms with E-state index in [2.05, 4.69) is 27.5 Å². The van der Waals surface area contributed by atoms with Crippen molar-refractivity contribution in [1.29, 1.82) is 0 Å². The van der Waals surface area contributed by atoms with Crippen molar-refractivity contribution in [1.82, 2.24) is 10.6 Å². The minimum atomic E-state index is 0.380. The summed E-state index contributed by atoms with van der Waals surface area (Å²) in [6.45, 7) is 5.98. The fourth-order valence-electron chi connectivity index (χ4n) is 1.82. The summed E-state index contributed by atoms with van der Waals surface area (Å²) in [5.41, 5.74) is 0. The Morgan fingerprint density at radius 1 is 1.15 bits per heavy atom. The summed E-state index contributed by atoms with van der Waals surface area (Å²) in [4.78, 5) is 8.87. The van der Waals surface area contributed by atoms with Crippen LogP contribution in [0, 0.1) is 5.92 Å². The number of nitrogens with zero attached hydrogens (tertiary/aromatic N) is 2. The maximum atomic E-state index is 4.44. The van der Waals surface area contributed by atoms with Crippen LogP contribution in [0.5, 0.6) is 0 Å². The molecule has 0 aliphatic carbocycles. The molecule has 2 N–H and O–H groups in total. The smallest absolute Gasteiger partial charge is 0.107 e. The highest BCUT2D eigenvalue weighted by atomic mass is 15.1. The van der Waals surface area contributed by atoms with E-state index in [1.165, 1.54) is 0 Å². The first-order valence-corrected chi connectivity index (χ1v) is 4.98. The second-order valence-corrected chi connectivity index (χ2v) is 3.35. The van der Waals surface area contributed by atoms with Crippen LogP contribution in [0.15, 0.2) is 9.98 Å². The molecule has 0 spiro atoms. The van der Waals surface area contributed by atoms with Gasteiger partial charge in [0.25, 0.3) is 0 Å². The molecule has 0 fully saturated rings. The number of amidine groups is 2. The quantitative estimate of drug-likeness (QED) is 0.643. The molecule has 2 heterocycles. The van der Waals surface area contributed by atoms with Crippen molar-refractivity contribution in [2.45, 2.75) is 13.3 Å². The van der Waals surface area contributed by atoms with Crippen molar-refractivity contribution in [2.75, 3.05) is 26.2 Å². The van der Waals surface area contributed by atoms with Crippen LogP contribution in [0.3, 0.4) is 0 Å². The third-order valence-corrected chi connectivity index (χ3v) is 2.47. The van der Waals surface area contributed by atoms with Crippen molar-refractivity contribution in [3.8, 4) is 0 Å². The highest BCUT2D eigenvalue weighted by Gasteiger charge is 2.23. The van der Waals surface area contributed by atoms with Crippen LogP contribution in [0.4, 0.5) is 0 Å². The Morgan fingerprint density at radius 2 is 1.69 bits per heavy atom. The van der Waals surface area contributed by atoms with E-state index in [1.807, 2.05) is 0 Å². The molecular formula is C9H16N4. The molecule has 2 rings (SSSR count). The lowest BCUT2D eigenvalue weighted by Gasteiger charge is -2.15. The predicted octanol–water partition coefficient (Wildman–Crippen LogP) is 0.0160. The molecule has 72 valence electrons. The zero-order valence-corrected chi connectivity index (χ0v) is 8.01. The number of nitrogens with one attached hydrogen (secondary N) is 2. The van der Waals surface area contributed by atoms with Crippen molar-refractivity contribution < 1.29 is 0 Å². The molecule has 2 aliphatic heterocycles. The standard InChI is InChI=1S/C9H16N4/c1-2-7(8-10-3-4-11-8)9-12-5-6-13-9/h7H,2-6H2,1H3,(H,10,11)(H,12,13). The normalized spacial score (nSPS) is 21.1. The summed E-state index contributed by atoms with van der Waals surface area (Å²) >= 11 is 0. The summed E-state index contributed by atoms with van der Waals surface area (Å²) in [6.07, 6.45) is 1.07. The Bertz CT molecular complexity index is 220. The van der Waals surface area contributed by atoms with Gasteiger partial charge >= 0.3 is 0 Å². The van der Waals surface area contributed by atoms with Gasteiger partial charge in [0, 0.05) is 13.1 Å². The summed E-state index contributed by atoms with van der Waals surface area (Å²) in [7, 11) is 0. The molecule has 0 unspecified atom stereocenters. The Morgan fingerprint density at radius 3 is 2.00 bits per heavy atom. The van der Waals surface area contributed by atoms with Crippen LogP contribution in [-0.2, 0) is 0 Å². The molecule has 0 aromatic carbocycles. The molecule has 0 aromatic rings. The second-order valence-electron chi connectivity index (χ2n) is 3.35. The number of rotatable bonds is 3. The van der Waals surface area contributed by atoms with E-state index in [9.17, 15) is 0 Å². The Labute approximate surface area is 78.5 Å². The molecule has 0 radical (unpaired) electrons. The minimum Gasteiger partial charge on any atom is -0.371 e. The summed E-state index contributed by atoms with van der Waals surface area (Å²) in [5, 5.41) is 6.63. The third kappa shape index (κ3) is 1.66. The Hall–Kier alpha value is -1.06. The number of hydrogen-bond acceptors (Lipinski definition) is 4. The van der Waals surface area contributed by atoms with Gasteiger partial charge in [0.2, 0.25) is 0 Å². The van der Waals surface area contributed by atoms with Gasteiger partial charge in [-0.1, -0.05) is 6.92 Å². The Balaban J connectivity index is 2.07. The number of hydrogen-bond donors (Lipinski definition) is 2. The van der Waals surface area contributed by atoms with Crippen LogP contribution in [0.2, 0.25) is 0 Å². The largest absolute Gasteiger partial charge is 0.371 e. The monoisotopic (exact) mass is 180 g/mol. The first kappa shape index (κ1) is 8.53. The molecule has 4 nitrogen and oxygen atoms in total. The van der Waals surface area contributed by atoms with Gasteiger partial charge in [-0.05, 0) is 6.42 Å². The fraction of sp³-hybridized carbons (Fsp3) is 0.778. The van der Waals surface area contributed by atoms with Gasteiger partial charge in [0.1, 0.15) is 11.7 Å². The second kappa shape index (κ2) is 3.77. The summed E-state index contributed by atoms with van der Waals surface area (Å²) < 4.78 is 0. The third-order valence-electron chi connectivity index (χ3n) is 2.47. The van der Waals surface area contributed by atoms with Crippen molar-refractivity contribution in [3.63, 3.8) is 0 Å². The van der Waals surface area contributed by atoms with E-state index in [0.717, 1.165) is 44.3 Å². The Kier molecular flexibility index (Phi) is 2.47. The van der Waals surface area contributed by atoms with E-state index >= 15 is 0 Å². The van der Waals surface area contributed by atoms with Crippen LogP contribution in [-0.4, -0.2) is 37.9 Å². The molecule has 2 aliphatic rings. The highest BCUT2D eigenvalue weighted by Crippen LogP contribution is 2.10. The molecule has 0 atom stereocenters. The maximum absolute atomic E-state index is 4.44. The van der Waals surface area contributed by atoms with Crippen LogP contribution >= 0.6 is 0 Å². The first-order valence-electron chi connectivity index (χ1n) is 4.98. The lowest BCUT2D eigenvalue weighted by Crippen LogP contribution is -2.37. The highest BCUT2D eigenvalue weighted by molar-refractivity contribution is 6.06. The molecule has 0 amide bonds. The average Bonchev–Trinajstić information content (AvgIpc) is 2.76. The summed E-state index contributed by atoms with van der Waals surface area (Å²) in [6, 6.07) is 0. The van der Waals surface area contributed by atoms with E-state index in [0.29, 0.717) is 5.92 Å². The average molecular weight is 180 g/mol. The zero-order valence-electron chi connectivity index (χ0n) is 8.01. The number of aliphatic imine (C=N–C) groups is 2. The fourth-order valence-corrected chi connectivity index (χ4v) is 1.82.